The second-order valence-corrected chi connectivity index (χ2v) is 6.88. The van der Waals surface area contributed by atoms with Gasteiger partial charge in [0.2, 0.25) is 0 Å². The Morgan fingerprint density at radius 1 is 1.04 bits per heavy atom. The number of ether oxygens (including phenoxy) is 2. The number of hydrogen-bond acceptors (Lipinski definition) is 5. The molecule has 0 fully saturated rings. The van der Waals surface area contributed by atoms with E-state index < -0.39 is 16.0 Å². The molecule has 0 atom stereocenters. The van der Waals surface area contributed by atoms with Crippen LogP contribution >= 0.6 is 0 Å². The third-order valence-corrected chi connectivity index (χ3v) is 5.36. The minimum Gasteiger partial charge on any atom is -0.497 e. The molecule has 0 unspecified atom stereocenters. The first-order chi connectivity index (χ1) is 11.5. The van der Waals surface area contributed by atoms with Crippen LogP contribution in [-0.4, -0.2) is 32.6 Å². The zero-order chi connectivity index (χ0) is 17.3. The molecule has 1 aromatic heterocycles. The van der Waals surface area contributed by atoms with Crippen LogP contribution in [0, 0.1) is 0 Å². The highest BCUT2D eigenvalue weighted by molar-refractivity contribution is 7.90. The largest absolute Gasteiger partial charge is 0.497 e. The zero-order valence-corrected chi connectivity index (χ0v) is 13.9. The molecule has 0 aliphatic carbocycles. The van der Waals surface area contributed by atoms with Crippen LogP contribution in [0.5, 0.6) is 5.75 Å². The summed E-state index contributed by atoms with van der Waals surface area (Å²) in [5.41, 5.74) is 0.705. The molecule has 0 saturated carbocycles. The lowest BCUT2D eigenvalue weighted by atomic mass is 10.2. The van der Waals surface area contributed by atoms with Crippen LogP contribution in [0.15, 0.2) is 59.6 Å². The molecule has 6 nitrogen and oxygen atoms in total. The Morgan fingerprint density at radius 3 is 2.54 bits per heavy atom. The van der Waals surface area contributed by atoms with Crippen molar-refractivity contribution in [3.8, 4) is 5.75 Å². The second kappa shape index (κ2) is 6.01. The summed E-state index contributed by atoms with van der Waals surface area (Å²) in [5, 5.41) is 0.738. The number of methoxy groups -OCH3 is 2. The number of benzene rings is 2. The molecule has 0 radical (unpaired) electrons. The summed E-state index contributed by atoms with van der Waals surface area (Å²) in [6.07, 6.45) is 1.48. The first-order valence-corrected chi connectivity index (χ1v) is 8.50. The molecule has 124 valence electrons. The minimum atomic E-state index is -3.84. The van der Waals surface area contributed by atoms with Crippen LogP contribution < -0.4 is 4.74 Å². The summed E-state index contributed by atoms with van der Waals surface area (Å²) in [7, 11) is -1.04. The van der Waals surface area contributed by atoms with Crippen molar-refractivity contribution in [2.75, 3.05) is 14.2 Å². The molecule has 0 N–H and O–H groups in total. The third kappa shape index (κ3) is 2.63. The Bertz CT molecular complexity index is 1020. The van der Waals surface area contributed by atoms with Crippen molar-refractivity contribution in [3.05, 3.63) is 60.3 Å². The summed E-state index contributed by atoms with van der Waals surface area (Å²) in [6.45, 7) is 0. The lowest BCUT2D eigenvalue weighted by molar-refractivity contribution is 0.0600. The number of nitrogens with zero attached hydrogens (tertiary/aromatic N) is 1. The van der Waals surface area contributed by atoms with Crippen molar-refractivity contribution in [2.45, 2.75) is 4.90 Å². The van der Waals surface area contributed by atoms with Gasteiger partial charge < -0.3 is 9.47 Å². The van der Waals surface area contributed by atoms with E-state index in [4.69, 9.17) is 4.74 Å². The van der Waals surface area contributed by atoms with Crippen LogP contribution in [-0.2, 0) is 14.8 Å². The van der Waals surface area contributed by atoms with Crippen molar-refractivity contribution in [1.29, 1.82) is 0 Å². The molecule has 3 rings (SSSR count). The molecule has 0 spiro atoms. The molecular weight excluding hydrogens is 330 g/mol. The quantitative estimate of drug-likeness (QED) is 0.680. The number of carbonyl (C=O) groups is 1. The molecule has 0 bridgehead atoms. The molecule has 0 aliphatic heterocycles. The van der Waals surface area contributed by atoms with Gasteiger partial charge in [0.15, 0.2) is 0 Å². The molecule has 0 aliphatic rings. The monoisotopic (exact) mass is 345 g/mol. The summed E-state index contributed by atoms with van der Waals surface area (Å²) in [5.74, 6) is 0.0551. The van der Waals surface area contributed by atoms with E-state index in [0.29, 0.717) is 11.3 Å². The fraction of sp³-hybridized carbons (Fsp3) is 0.118. The van der Waals surface area contributed by atoms with Gasteiger partial charge in [-0.05, 0) is 42.5 Å². The lowest BCUT2D eigenvalue weighted by Gasteiger charge is -2.09. The van der Waals surface area contributed by atoms with E-state index in [1.807, 2.05) is 0 Å². The highest BCUT2D eigenvalue weighted by Gasteiger charge is 2.20. The molecule has 7 heteroatoms. The molecule has 24 heavy (non-hydrogen) atoms. The second-order valence-electron chi connectivity index (χ2n) is 5.06. The summed E-state index contributed by atoms with van der Waals surface area (Å²) in [6, 6.07) is 12.6. The zero-order valence-electron chi connectivity index (χ0n) is 13.1. The number of esters is 1. The lowest BCUT2D eigenvalue weighted by Crippen LogP contribution is -2.13. The molecule has 3 aromatic rings. The smallest absolute Gasteiger partial charge is 0.337 e. The highest BCUT2D eigenvalue weighted by atomic mass is 32.2. The van der Waals surface area contributed by atoms with E-state index in [-0.39, 0.29) is 10.5 Å². The predicted molar refractivity (Wildman–Crippen MR) is 88.9 cm³/mol. The normalized spacial score (nSPS) is 11.4. The Balaban J connectivity index is 2.13. The number of rotatable bonds is 4. The van der Waals surface area contributed by atoms with E-state index in [1.54, 1.807) is 31.4 Å². The van der Waals surface area contributed by atoms with Gasteiger partial charge in [0.1, 0.15) is 5.75 Å². The minimum absolute atomic E-state index is 0.0127. The van der Waals surface area contributed by atoms with Gasteiger partial charge in [0.05, 0.1) is 30.2 Å². The predicted octanol–water partition coefficient (Wildman–Crippen LogP) is 2.67. The topological polar surface area (TPSA) is 74.6 Å². The van der Waals surface area contributed by atoms with E-state index in [0.717, 1.165) is 5.39 Å². The maximum atomic E-state index is 12.9. The van der Waals surface area contributed by atoms with Gasteiger partial charge in [-0.15, -0.1) is 0 Å². The summed E-state index contributed by atoms with van der Waals surface area (Å²) >= 11 is 0. The molecular formula is C17H15NO5S. The summed E-state index contributed by atoms with van der Waals surface area (Å²) < 4.78 is 36.8. The molecule has 1 heterocycles. The maximum absolute atomic E-state index is 12.9. The van der Waals surface area contributed by atoms with E-state index in [2.05, 4.69) is 4.74 Å². The Morgan fingerprint density at radius 2 is 1.83 bits per heavy atom. The van der Waals surface area contributed by atoms with E-state index in [9.17, 15) is 13.2 Å². The number of carbonyl (C=O) groups excluding carboxylic acids is 1. The van der Waals surface area contributed by atoms with Crippen LogP contribution in [0.1, 0.15) is 10.4 Å². The maximum Gasteiger partial charge on any atom is 0.337 e. The summed E-state index contributed by atoms with van der Waals surface area (Å²) in [4.78, 5) is 11.6. The van der Waals surface area contributed by atoms with Crippen LogP contribution in [0.4, 0.5) is 0 Å². The Kier molecular flexibility index (Phi) is 4.02. The van der Waals surface area contributed by atoms with Gasteiger partial charge in [-0.2, -0.15) is 0 Å². The first-order valence-electron chi connectivity index (χ1n) is 7.06. The van der Waals surface area contributed by atoms with Gasteiger partial charge in [-0.25, -0.2) is 17.2 Å². The highest BCUT2D eigenvalue weighted by Crippen LogP contribution is 2.26. The fourth-order valence-corrected chi connectivity index (χ4v) is 3.85. The van der Waals surface area contributed by atoms with Crippen molar-refractivity contribution >= 4 is 26.9 Å². The number of fused-ring (bicyclic) bond motifs is 1. The van der Waals surface area contributed by atoms with E-state index >= 15 is 0 Å². The SMILES string of the molecule is COC(=O)c1cccc(S(=O)(=O)n2ccc3cc(OC)ccc32)c1. The Hall–Kier alpha value is -2.80. The first kappa shape index (κ1) is 16.1. The number of hydrogen-bond donors (Lipinski definition) is 0. The number of aromatic nitrogens is 1. The van der Waals surface area contributed by atoms with Crippen molar-refractivity contribution in [3.63, 3.8) is 0 Å². The van der Waals surface area contributed by atoms with Crippen molar-refractivity contribution in [1.82, 2.24) is 3.97 Å². The molecule has 0 saturated heterocycles. The third-order valence-electron chi connectivity index (χ3n) is 3.67. The van der Waals surface area contributed by atoms with Crippen molar-refractivity contribution in [2.24, 2.45) is 0 Å². The standard InChI is InChI=1S/C17H15NO5S/c1-22-14-6-7-16-12(10-14)8-9-18(16)24(20,21)15-5-3-4-13(11-15)17(19)23-2/h3-11H,1-2H3. The average molecular weight is 345 g/mol. The average Bonchev–Trinajstić information content (AvgIpc) is 3.04. The van der Waals surface area contributed by atoms with Gasteiger partial charge in [-0.3, -0.25) is 0 Å². The fourth-order valence-electron chi connectivity index (χ4n) is 2.45. The van der Waals surface area contributed by atoms with Crippen LogP contribution in [0.2, 0.25) is 0 Å². The Labute approximate surface area is 139 Å². The molecule has 2 aromatic carbocycles. The van der Waals surface area contributed by atoms with E-state index in [1.165, 1.54) is 41.5 Å². The van der Waals surface area contributed by atoms with Gasteiger partial charge in [0, 0.05) is 11.6 Å². The van der Waals surface area contributed by atoms with Crippen molar-refractivity contribution < 1.29 is 22.7 Å². The van der Waals surface area contributed by atoms with Crippen LogP contribution in [0.3, 0.4) is 0 Å². The van der Waals surface area contributed by atoms with Gasteiger partial charge in [0.25, 0.3) is 10.0 Å². The van der Waals surface area contributed by atoms with Gasteiger partial charge >= 0.3 is 5.97 Å². The molecule has 0 amide bonds. The van der Waals surface area contributed by atoms with Gasteiger partial charge in [-0.1, -0.05) is 6.07 Å². The van der Waals surface area contributed by atoms with Crippen LogP contribution in [0.25, 0.3) is 10.9 Å².